The van der Waals surface area contributed by atoms with E-state index in [0.29, 0.717) is 11.8 Å². The van der Waals surface area contributed by atoms with Gasteiger partial charge in [-0.05, 0) is 11.1 Å². The molecule has 0 radical (unpaired) electrons. The highest BCUT2D eigenvalue weighted by atomic mass is 79.9. The Hall–Kier alpha value is -0.0800. The highest BCUT2D eigenvalue weighted by Gasteiger charge is 2.70. The predicted octanol–water partition coefficient (Wildman–Crippen LogP) is 4.17. The van der Waals surface area contributed by atoms with Crippen LogP contribution < -0.4 is 0 Å². The minimum atomic E-state index is 0.192. The monoisotopic (exact) mass is 324 g/mol. The van der Waals surface area contributed by atoms with Gasteiger partial charge in [-0.15, -0.1) is 0 Å². The van der Waals surface area contributed by atoms with Gasteiger partial charge in [0.25, 0.3) is 0 Å². The van der Waals surface area contributed by atoms with Gasteiger partial charge in [-0.2, -0.15) is 0 Å². The molecule has 4 aliphatic rings. The second-order valence-corrected chi connectivity index (χ2v) is 8.48. The molecular weight excluding hydrogens is 316 g/mol. The van der Waals surface area contributed by atoms with Crippen molar-refractivity contribution in [3.63, 3.8) is 0 Å². The van der Waals surface area contributed by atoms with Crippen LogP contribution in [0.3, 0.4) is 0 Å². The topological polar surface area (TPSA) is 0 Å². The molecule has 15 heavy (non-hydrogen) atoms. The summed E-state index contributed by atoms with van der Waals surface area (Å²) < 4.78 is 0.192. The van der Waals surface area contributed by atoms with Crippen LogP contribution in [0.25, 0.3) is 0 Å². The molecule has 4 atom stereocenters. The number of hydrogen-bond donors (Lipinski definition) is 0. The lowest BCUT2D eigenvalue weighted by molar-refractivity contribution is 0.523. The Morgan fingerprint density at radius 3 is 1.80 bits per heavy atom. The Labute approximate surface area is 106 Å². The summed E-state index contributed by atoms with van der Waals surface area (Å²) in [5, 5.41) is 0. The molecule has 1 fully saturated rings. The Balaban J connectivity index is 1.95. The van der Waals surface area contributed by atoms with Gasteiger partial charge < -0.3 is 0 Å². The standard InChI is InChI=1S/C13H10Br2/c14-13(15)11-9-5-6-10(12(11)13)8-4-2-1-3-7(8)9/h1-6,9-12H/t9-,10+,11-,12+. The number of rotatable bonds is 0. The van der Waals surface area contributed by atoms with E-state index in [1.54, 1.807) is 11.1 Å². The maximum atomic E-state index is 3.84. The van der Waals surface area contributed by atoms with Crippen LogP contribution in [0.4, 0.5) is 0 Å². The van der Waals surface area contributed by atoms with Crippen molar-refractivity contribution in [2.24, 2.45) is 11.8 Å². The molecule has 0 unspecified atom stereocenters. The molecule has 0 spiro atoms. The number of halogens is 2. The summed E-state index contributed by atoms with van der Waals surface area (Å²) in [6, 6.07) is 8.91. The van der Waals surface area contributed by atoms with E-state index in [1.165, 1.54) is 0 Å². The Morgan fingerprint density at radius 1 is 0.867 bits per heavy atom. The lowest BCUT2D eigenvalue weighted by atomic mass is 9.72. The van der Waals surface area contributed by atoms with Gasteiger partial charge in [0.15, 0.2) is 0 Å². The SMILES string of the molecule is BrC1(Br)[C@@H]2[C@H]1[C@@H]1C=C[C@H]2c2ccccc21. The van der Waals surface area contributed by atoms with Crippen LogP contribution in [-0.2, 0) is 0 Å². The highest BCUT2D eigenvalue weighted by Crippen LogP contribution is 2.76. The summed E-state index contributed by atoms with van der Waals surface area (Å²) >= 11 is 7.67. The maximum absolute atomic E-state index is 3.84. The molecule has 76 valence electrons. The van der Waals surface area contributed by atoms with E-state index >= 15 is 0 Å². The molecule has 1 aromatic carbocycles. The number of alkyl halides is 2. The first-order valence-corrected chi connectivity index (χ1v) is 6.95. The van der Waals surface area contributed by atoms with Crippen molar-refractivity contribution >= 4 is 31.9 Å². The third-order valence-electron chi connectivity index (χ3n) is 4.18. The van der Waals surface area contributed by atoms with E-state index in [-0.39, 0.29) is 3.23 Å². The van der Waals surface area contributed by atoms with Crippen molar-refractivity contribution < 1.29 is 0 Å². The zero-order valence-electron chi connectivity index (χ0n) is 8.03. The van der Waals surface area contributed by atoms with Crippen LogP contribution in [0.2, 0.25) is 0 Å². The van der Waals surface area contributed by atoms with Crippen molar-refractivity contribution in [1.29, 1.82) is 0 Å². The van der Waals surface area contributed by atoms with Crippen LogP contribution in [0.1, 0.15) is 23.0 Å². The normalized spacial score (nSPS) is 42.3. The predicted molar refractivity (Wildman–Crippen MR) is 68.6 cm³/mol. The second kappa shape index (κ2) is 2.60. The van der Waals surface area contributed by atoms with Crippen molar-refractivity contribution in [2.45, 2.75) is 15.1 Å². The summed E-state index contributed by atoms with van der Waals surface area (Å²) in [7, 11) is 0. The number of allylic oxidation sites excluding steroid dienone is 2. The molecule has 0 amide bonds. The second-order valence-electron chi connectivity index (χ2n) is 4.79. The lowest BCUT2D eigenvalue weighted by Gasteiger charge is -2.32. The first-order valence-electron chi connectivity index (χ1n) is 5.36. The quantitative estimate of drug-likeness (QED) is 0.496. The molecule has 2 bridgehead atoms. The van der Waals surface area contributed by atoms with Crippen molar-refractivity contribution in [2.75, 3.05) is 0 Å². The molecule has 0 heterocycles. The minimum absolute atomic E-state index is 0.192. The molecule has 4 aliphatic carbocycles. The molecule has 1 saturated carbocycles. The van der Waals surface area contributed by atoms with E-state index in [2.05, 4.69) is 68.3 Å². The van der Waals surface area contributed by atoms with Gasteiger partial charge in [-0.3, -0.25) is 0 Å². The van der Waals surface area contributed by atoms with Gasteiger partial charge in [-0.1, -0.05) is 68.3 Å². The summed E-state index contributed by atoms with van der Waals surface area (Å²) in [6.45, 7) is 0. The van der Waals surface area contributed by atoms with E-state index in [9.17, 15) is 0 Å². The molecule has 2 heteroatoms. The van der Waals surface area contributed by atoms with Gasteiger partial charge in [-0.25, -0.2) is 0 Å². The fourth-order valence-electron chi connectivity index (χ4n) is 3.49. The molecule has 0 aliphatic heterocycles. The Morgan fingerprint density at radius 2 is 1.33 bits per heavy atom. The van der Waals surface area contributed by atoms with E-state index in [1.807, 2.05) is 0 Å². The van der Waals surface area contributed by atoms with E-state index < -0.39 is 0 Å². The van der Waals surface area contributed by atoms with Crippen LogP contribution in [0, 0.1) is 11.8 Å². The first-order chi connectivity index (χ1) is 7.21. The summed E-state index contributed by atoms with van der Waals surface area (Å²) in [5.41, 5.74) is 3.10. The molecular formula is C13H10Br2. The third-order valence-corrected chi connectivity index (χ3v) is 6.30. The average molecular weight is 326 g/mol. The molecule has 1 aromatic rings. The first kappa shape index (κ1) is 9.00. The lowest BCUT2D eigenvalue weighted by Crippen LogP contribution is -2.19. The minimum Gasteiger partial charge on any atom is -0.0800 e. The fraction of sp³-hybridized carbons (Fsp3) is 0.385. The number of hydrogen-bond acceptors (Lipinski definition) is 0. The third kappa shape index (κ3) is 0.938. The molecule has 0 aromatic heterocycles. The smallest absolute Gasteiger partial charge is 0.0800 e. The molecule has 5 rings (SSSR count). The number of benzene rings is 1. The van der Waals surface area contributed by atoms with Crippen LogP contribution in [-0.4, -0.2) is 3.23 Å². The van der Waals surface area contributed by atoms with E-state index in [4.69, 9.17) is 0 Å². The van der Waals surface area contributed by atoms with Crippen molar-refractivity contribution in [3.8, 4) is 0 Å². The van der Waals surface area contributed by atoms with Gasteiger partial charge in [0, 0.05) is 23.7 Å². The van der Waals surface area contributed by atoms with Crippen LogP contribution in [0.15, 0.2) is 36.4 Å². The summed E-state index contributed by atoms with van der Waals surface area (Å²) in [6.07, 6.45) is 4.80. The molecule has 0 saturated heterocycles. The van der Waals surface area contributed by atoms with Gasteiger partial charge in [0.1, 0.15) is 0 Å². The zero-order valence-corrected chi connectivity index (χ0v) is 11.2. The van der Waals surface area contributed by atoms with Crippen LogP contribution in [0.5, 0.6) is 0 Å². The Kier molecular flexibility index (Phi) is 1.56. The largest absolute Gasteiger partial charge is 0.0886 e. The highest BCUT2D eigenvalue weighted by molar-refractivity contribution is 9.25. The van der Waals surface area contributed by atoms with E-state index in [0.717, 1.165) is 11.8 Å². The van der Waals surface area contributed by atoms with Gasteiger partial charge in [0.2, 0.25) is 0 Å². The van der Waals surface area contributed by atoms with Crippen molar-refractivity contribution in [1.82, 2.24) is 0 Å². The summed E-state index contributed by atoms with van der Waals surface area (Å²) in [4.78, 5) is 0. The zero-order chi connectivity index (χ0) is 10.2. The van der Waals surface area contributed by atoms with Crippen LogP contribution >= 0.6 is 31.9 Å². The van der Waals surface area contributed by atoms with Crippen molar-refractivity contribution in [3.05, 3.63) is 47.5 Å². The summed E-state index contributed by atoms with van der Waals surface area (Å²) in [5.74, 6) is 2.75. The molecule has 0 N–H and O–H groups in total. The molecule has 0 nitrogen and oxygen atoms in total. The van der Waals surface area contributed by atoms with Gasteiger partial charge >= 0.3 is 0 Å². The maximum Gasteiger partial charge on any atom is 0.0886 e. The van der Waals surface area contributed by atoms with Gasteiger partial charge in [0.05, 0.1) is 3.23 Å². The fourth-order valence-corrected chi connectivity index (χ4v) is 5.51. The average Bonchev–Trinajstić information content (AvgIpc) is 2.86. The Bertz CT molecular complexity index is 434.